The van der Waals surface area contributed by atoms with E-state index >= 15 is 0 Å². The van der Waals surface area contributed by atoms with Gasteiger partial charge < -0.3 is 15.4 Å². The minimum absolute atomic E-state index is 0.232. The summed E-state index contributed by atoms with van der Waals surface area (Å²) in [5, 5.41) is 4.96. The maximum Gasteiger partial charge on any atom is 0.329 e. The predicted octanol–water partition coefficient (Wildman–Crippen LogP) is 0.688. The van der Waals surface area contributed by atoms with E-state index in [9.17, 15) is 19.2 Å². The molecule has 138 valence electrons. The van der Waals surface area contributed by atoms with E-state index in [1.807, 2.05) is 30.3 Å². The second-order valence-corrected chi connectivity index (χ2v) is 5.78. The molecule has 1 saturated heterocycles. The number of carbonyl (C=O) groups is 4. The molecule has 2 N–H and O–H groups in total. The lowest BCUT2D eigenvalue weighted by molar-refractivity contribution is -0.159. The molecule has 0 unspecified atom stereocenters. The Kier molecular flexibility index (Phi) is 6.48. The van der Waals surface area contributed by atoms with E-state index in [1.165, 1.54) is 19.9 Å². The standard InChI is InChI=1S/C18H21N3O5/c1-12(20-15(22)9-8-14-6-4-3-5-7-14)17(24)26-13(2)16(23)21-11-10-19-18(21)25/h3-9,12-13H,10-11H2,1-2H3,(H,19,25)(H,20,22)/b9-8+/t12-,13-/m0/s1. The van der Waals surface area contributed by atoms with Gasteiger partial charge in [-0.2, -0.15) is 0 Å². The summed E-state index contributed by atoms with van der Waals surface area (Å²) in [5.74, 6) is -1.82. The van der Waals surface area contributed by atoms with Crippen LogP contribution in [-0.2, 0) is 19.1 Å². The predicted molar refractivity (Wildman–Crippen MR) is 93.7 cm³/mol. The van der Waals surface area contributed by atoms with E-state index in [-0.39, 0.29) is 6.54 Å². The van der Waals surface area contributed by atoms with Crippen molar-refractivity contribution < 1.29 is 23.9 Å². The second-order valence-electron chi connectivity index (χ2n) is 5.78. The normalized spacial score (nSPS) is 16.1. The molecule has 2 atom stereocenters. The third-order valence-electron chi connectivity index (χ3n) is 3.70. The van der Waals surface area contributed by atoms with Crippen molar-refractivity contribution >= 4 is 29.9 Å². The van der Waals surface area contributed by atoms with Crippen molar-refractivity contribution in [2.75, 3.05) is 13.1 Å². The van der Waals surface area contributed by atoms with Crippen molar-refractivity contribution in [3.63, 3.8) is 0 Å². The number of hydrogen-bond donors (Lipinski definition) is 2. The molecule has 0 aliphatic carbocycles. The number of rotatable bonds is 6. The van der Waals surface area contributed by atoms with Crippen LogP contribution in [0.5, 0.6) is 0 Å². The minimum Gasteiger partial charge on any atom is -0.451 e. The van der Waals surface area contributed by atoms with E-state index in [0.29, 0.717) is 6.54 Å². The Bertz CT molecular complexity index is 717. The molecule has 0 aromatic heterocycles. The van der Waals surface area contributed by atoms with Crippen LogP contribution >= 0.6 is 0 Å². The first kappa shape index (κ1) is 19.2. The van der Waals surface area contributed by atoms with Gasteiger partial charge in [-0.3, -0.25) is 14.5 Å². The summed E-state index contributed by atoms with van der Waals surface area (Å²) in [5.41, 5.74) is 0.848. The number of ether oxygens (including phenoxy) is 1. The Balaban J connectivity index is 1.82. The minimum atomic E-state index is -1.12. The first-order valence-electron chi connectivity index (χ1n) is 8.22. The van der Waals surface area contributed by atoms with E-state index in [1.54, 1.807) is 6.08 Å². The molecule has 8 nitrogen and oxygen atoms in total. The van der Waals surface area contributed by atoms with Gasteiger partial charge in [-0.1, -0.05) is 30.3 Å². The van der Waals surface area contributed by atoms with Gasteiger partial charge in [0.1, 0.15) is 6.04 Å². The van der Waals surface area contributed by atoms with E-state index in [4.69, 9.17) is 4.74 Å². The van der Waals surface area contributed by atoms with Gasteiger partial charge in [-0.25, -0.2) is 9.59 Å². The van der Waals surface area contributed by atoms with Crippen LogP contribution in [0.2, 0.25) is 0 Å². The largest absolute Gasteiger partial charge is 0.451 e. The molecule has 1 fully saturated rings. The van der Waals surface area contributed by atoms with Gasteiger partial charge in [-0.05, 0) is 25.5 Å². The third kappa shape index (κ3) is 5.17. The van der Waals surface area contributed by atoms with Crippen LogP contribution in [0.25, 0.3) is 6.08 Å². The molecular formula is C18H21N3O5. The second kappa shape index (κ2) is 8.80. The van der Waals surface area contributed by atoms with Gasteiger partial charge in [0.05, 0.1) is 0 Å². The highest BCUT2D eigenvalue weighted by atomic mass is 16.5. The lowest BCUT2D eigenvalue weighted by Crippen LogP contribution is -2.45. The molecule has 8 heteroatoms. The molecule has 1 aromatic carbocycles. The molecular weight excluding hydrogens is 338 g/mol. The molecule has 1 aliphatic heterocycles. The first-order chi connectivity index (χ1) is 12.4. The zero-order valence-electron chi connectivity index (χ0n) is 14.6. The number of benzene rings is 1. The average molecular weight is 359 g/mol. The van der Waals surface area contributed by atoms with Crippen LogP contribution in [0.4, 0.5) is 4.79 Å². The zero-order valence-corrected chi connectivity index (χ0v) is 14.6. The van der Waals surface area contributed by atoms with Gasteiger partial charge in [-0.15, -0.1) is 0 Å². The SMILES string of the molecule is C[C@H](NC(=O)/C=C/c1ccccc1)C(=O)O[C@@H](C)C(=O)N1CCNC1=O. The quantitative estimate of drug-likeness (QED) is 0.574. The van der Waals surface area contributed by atoms with Crippen LogP contribution in [0.1, 0.15) is 19.4 Å². The number of nitrogens with one attached hydrogen (secondary N) is 2. The smallest absolute Gasteiger partial charge is 0.329 e. The van der Waals surface area contributed by atoms with Gasteiger partial charge in [0.2, 0.25) is 5.91 Å². The zero-order chi connectivity index (χ0) is 19.1. The number of amides is 4. The van der Waals surface area contributed by atoms with Crippen molar-refractivity contribution in [2.45, 2.75) is 26.0 Å². The van der Waals surface area contributed by atoms with Crippen LogP contribution in [0.3, 0.4) is 0 Å². The highest BCUT2D eigenvalue weighted by Gasteiger charge is 2.32. The topological polar surface area (TPSA) is 105 Å². The van der Waals surface area contributed by atoms with Crippen molar-refractivity contribution in [2.24, 2.45) is 0 Å². The number of carbonyl (C=O) groups excluding carboxylic acids is 4. The molecule has 4 amide bonds. The summed E-state index contributed by atoms with van der Waals surface area (Å²) >= 11 is 0. The van der Waals surface area contributed by atoms with Gasteiger partial charge in [0.15, 0.2) is 6.10 Å². The lowest BCUT2D eigenvalue weighted by Gasteiger charge is -2.20. The van der Waals surface area contributed by atoms with Crippen molar-refractivity contribution in [3.05, 3.63) is 42.0 Å². The number of esters is 1. The van der Waals surface area contributed by atoms with Crippen molar-refractivity contribution in [1.29, 1.82) is 0 Å². The highest BCUT2D eigenvalue weighted by molar-refractivity contribution is 5.99. The maximum atomic E-state index is 12.1. The summed E-state index contributed by atoms with van der Waals surface area (Å²) in [6.45, 7) is 3.44. The lowest BCUT2D eigenvalue weighted by atomic mass is 10.2. The Morgan fingerprint density at radius 3 is 2.54 bits per heavy atom. The Hall–Kier alpha value is -3.16. The molecule has 26 heavy (non-hydrogen) atoms. The summed E-state index contributed by atoms with van der Waals surface area (Å²) in [6.07, 6.45) is 1.80. The average Bonchev–Trinajstić information content (AvgIpc) is 3.06. The third-order valence-corrected chi connectivity index (χ3v) is 3.70. The highest BCUT2D eigenvalue weighted by Crippen LogP contribution is 2.05. The summed E-state index contributed by atoms with van der Waals surface area (Å²) < 4.78 is 5.05. The Morgan fingerprint density at radius 1 is 1.23 bits per heavy atom. The molecule has 1 heterocycles. The fourth-order valence-electron chi connectivity index (χ4n) is 2.28. The number of imide groups is 1. The Labute approximate surface area is 151 Å². The Morgan fingerprint density at radius 2 is 1.92 bits per heavy atom. The van der Waals surface area contributed by atoms with E-state index in [2.05, 4.69) is 10.6 Å². The molecule has 0 bridgehead atoms. The molecule has 2 rings (SSSR count). The van der Waals surface area contributed by atoms with Gasteiger partial charge in [0, 0.05) is 19.2 Å². The fraction of sp³-hybridized carbons (Fsp3) is 0.333. The van der Waals surface area contributed by atoms with Gasteiger partial charge in [0.25, 0.3) is 5.91 Å². The summed E-state index contributed by atoms with van der Waals surface area (Å²) in [7, 11) is 0. The van der Waals surface area contributed by atoms with Crippen LogP contribution < -0.4 is 10.6 Å². The van der Waals surface area contributed by atoms with E-state index < -0.39 is 36.0 Å². The number of hydrogen-bond acceptors (Lipinski definition) is 5. The van der Waals surface area contributed by atoms with Crippen LogP contribution in [0, 0.1) is 0 Å². The molecule has 0 saturated carbocycles. The monoisotopic (exact) mass is 359 g/mol. The van der Waals surface area contributed by atoms with Gasteiger partial charge >= 0.3 is 12.0 Å². The first-order valence-corrected chi connectivity index (χ1v) is 8.22. The number of nitrogens with zero attached hydrogens (tertiary/aromatic N) is 1. The number of urea groups is 1. The molecule has 0 radical (unpaired) electrons. The van der Waals surface area contributed by atoms with Crippen molar-refractivity contribution in [3.8, 4) is 0 Å². The summed E-state index contributed by atoms with van der Waals surface area (Å²) in [4.78, 5) is 48.4. The molecule has 0 spiro atoms. The molecule has 1 aliphatic rings. The van der Waals surface area contributed by atoms with Crippen LogP contribution in [-0.4, -0.2) is 54.0 Å². The molecule has 1 aromatic rings. The van der Waals surface area contributed by atoms with Crippen molar-refractivity contribution in [1.82, 2.24) is 15.5 Å². The fourth-order valence-corrected chi connectivity index (χ4v) is 2.28. The summed E-state index contributed by atoms with van der Waals surface area (Å²) in [6, 6.07) is 7.78. The maximum absolute atomic E-state index is 12.1. The van der Waals surface area contributed by atoms with Crippen LogP contribution in [0.15, 0.2) is 36.4 Å². The van der Waals surface area contributed by atoms with E-state index in [0.717, 1.165) is 10.5 Å².